The van der Waals surface area contributed by atoms with Gasteiger partial charge in [-0.1, -0.05) is 30.3 Å². The second kappa shape index (κ2) is 11.5. The molecule has 0 saturated carbocycles. The molecule has 188 valence electrons. The number of rotatable bonds is 10. The van der Waals surface area contributed by atoms with Crippen molar-refractivity contribution in [1.82, 2.24) is 5.43 Å². The van der Waals surface area contributed by atoms with Crippen LogP contribution in [0.2, 0.25) is 0 Å². The Hall–Kier alpha value is -3.50. The van der Waals surface area contributed by atoms with Crippen LogP contribution in [0.1, 0.15) is 12.5 Å². The molecule has 1 aliphatic heterocycles. The molecular formula is C26H27N3O5S2. The Kier molecular flexibility index (Phi) is 8.17. The highest BCUT2D eigenvalue weighted by atomic mass is 32.2. The number of carbonyl (C=O) groups excluding carboxylic acids is 1. The Morgan fingerprint density at radius 3 is 2.33 bits per heavy atom. The fourth-order valence-electron chi connectivity index (χ4n) is 3.50. The Labute approximate surface area is 215 Å². The third-order valence-electron chi connectivity index (χ3n) is 5.32. The van der Waals surface area contributed by atoms with Gasteiger partial charge in [0.2, 0.25) is 10.0 Å². The number of para-hydroxylation sites is 1. The maximum atomic E-state index is 12.8. The summed E-state index contributed by atoms with van der Waals surface area (Å²) in [5, 5.41) is 4.01. The number of ether oxygens (including phenoxy) is 2. The molecule has 4 rings (SSSR count). The lowest BCUT2D eigenvalue weighted by atomic mass is 10.2. The number of amides is 1. The number of nitrogens with zero attached hydrogens (tertiary/aromatic N) is 2. The van der Waals surface area contributed by atoms with Gasteiger partial charge in [0.1, 0.15) is 29.4 Å². The van der Waals surface area contributed by atoms with Crippen molar-refractivity contribution >= 4 is 39.6 Å². The largest absolute Gasteiger partial charge is 0.489 e. The van der Waals surface area contributed by atoms with Crippen LogP contribution >= 0.6 is 11.8 Å². The predicted octanol–water partition coefficient (Wildman–Crippen LogP) is 4.28. The topological polar surface area (TPSA) is 97.3 Å². The molecule has 1 saturated heterocycles. The van der Waals surface area contributed by atoms with E-state index in [9.17, 15) is 13.2 Å². The summed E-state index contributed by atoms with van der Waals surface area (Å²) in [5.41, 5.74) is 3.52. The maximum absolute atomic E-state index is 12.8. The number of thioether (sulfide) groups is 1. The zero-order valence-electron chi connectivity index (χ0n) is 19.9. The van der Waals surface area contributed by atoms with Crippen molar-refractivity contribution in [3.05, 3.63) is 84.4 Å². The second-order valence-corrected chi connectivity index (χ2v) is 11.2. The van der Waals surface area contributed by atoms with Gasteiger partial charge in [0.15, 0.2) is 0 Å². The average molecular weight is 526 g/mol. The molecule has 8 nitrogen and oxygen atoms in total. The van der Waals surface area contributed by atoms with Gasteiger partial charge in [-0.05, 0) is 61.0 Å². The van der Waals surface area contributed by atoms with E-state index < -0.39 is 22.0 Å². The Balaban J connectivity index is 1.41. The van der Waals surface area contributed by atoms with E-state index in [1.807, 2.05) is 66.4 Å². The van der Waals surface area contributed by atoms with Crippen molar-refractivity contribution in [3.63, 3.8) is 0 Å². The maximum Gasteiger partial charge on any atom is 0.263 e. The van der Waals surface area contributed by atoms with Crippen LogP contribution in [0.4, 0.5) is 5.69 Å². The predicted molar refractivity (Wildman–Crippen MR) is 144 cm³/mol. The summed E-state index contributed by atoms with van der Waals surface area (Å²) >= 11 is 1.84. The molecule has 1 N–H and O–H groups in total. The van der Waals surface area contributed by atoms with Crippen molar-refractivity contribution in [1.29, 1.82) is 0 Å². The molecule has 1 atom stereocenters. The van der Waals surface area contributed by atoms with Gasteiger partial charge < -0.3 is 9.47 Å². The van der Waals surface area contributed by atoms with Crippen molar-refractivity contribution < 1.29 is 22.7 Å². The average Bonchev–Trinajstić information content (AvgIpc) is 2.83. The molecule has 1 aliphatic rings. The monoisotopic (exact) mass is 525 g/mol. The normalized spacial score (nSPS) is 14.6. The Morgan fingerprint density at radius 1 is 1.03 bits per heavy atom. The molecule has 3 aromatic carbocycles. The van der Waals surface area contributed by atoms with Crippen molar-refractivity contribution in [3.8, 4) is 17.2 Å². The van der Waals surface area contributed by atoms with E-state index in [0.717, 1.165) is 33.4 Å². The van der Waals surface area contributed by atoms with Crippen LogP contribution in [0.15, 0.2) is 84.0 Å². The number of sulfonamides is 1. The van der Waals surface area contributed by atoms with Gasteiger partial charge in [0, 0.05) is 11.5 Å². The summed E-state index contributed by atoms with van der Waals surface area (Å²) in [5.74, 6) is 3.34. The summed E-state index contributed by atoms with van der Waals surface area (Å²) in [6.07, 6.45) is 2.78. The highest BCUT2D eigenvalue weighted by Crippen LogP contribution is 2.27. The molecule has 1 fully saturated rings. The van der Waals surface area contributed by atoms with Crippen LogP contribution < -0.4 is 19.2 Å². The first-order valence-electron chi connectivity index (χ1n) is 11.3. The van der Waals surface area contributed by atoms with Gasteiger partial charge in [-0.25, -0.2) is 13.8 Å². The molecule has 10 heteroatoms. The first kappa shape index (κ1) is 25.6. The molecule has 0 bridgehead atoms. The fraction of sp³-hybridized carbons (Fsp3) is 0.231. The van der Waals surface area contributed by atoms with Crippen LogP contribution in [-0.4, -0.2) is 50.4 Å². The Morgan fingerprint density at radius 2 is 1.69 bits per heavy atom. The van der Waals surface area contributed by atoms with Crippen LogP contribution in [0, 0.1) is 0 Å². The SMILES string of the molecule is C[C@H](C(=O)N/N=C\c1cccc(OC2CSC2)c1)N(c1ccc(Oc2ccccc2)cc1)S(C)(=O)=O. The van der Waals surface area contributed by atoms with Crippen LogP contribution in [-0.2, 0) is 14.8 Å². The number of anilines is 1. The van der Waals surface area contributed by atoms with E-state index in [0.29, 0.717) is 17.2 Å². The number of carbonyl (C=O) groups is 1. The minimum absolute atomic E-state index is 0.226. The summed E-state index contributed by atoms with van der Waals surface area (Å²) in [7, 11) is -3.76. The molecule has 3 aromatic rings. The lowest BCUT2D eigenvalue weighted by Crippen LogP contribution is -2.46. The zero-order valence-corrected chi connectivity index (χ0v) is 21.5. The number of hydrogen-bond donors (Lipinski definition) is 1. The smallest absolute Gasteiger partial charge is 0.263 e. The molecule has 1 amide bonds. The quantitative estimate of drug-likeness (QED) is 0.314. The number of nitrogens with one attached hydrogen (secondary N) is 1. The summed E-state index contributed by atoms with van der Waals surface area (Å²) < 4.78 is 37.8. The van der Waals surface area contributed by atoms with Crippen LogP contribution in [0.5, 0.6) is 17.2 Å². The molecular weight excluding hydrogens is 498 g/mol. The van der Waals surface area contributed by atoms with E-state index in [2.05, 4.69) is 10.5 Å². The molecule has 0 unspecified atom stereocenters. The summed E-state index contributed by atoms with van der Waals surface area (Å²) in [6, 6.07) is 22.1. The third kappa shape index (κ3) is 6.79. The second-order valence-electron chi connectivity index (χ2n) is 8.23. The van der Waals surface area contributed by atoms with Gasteiger partial charge >= 0.3 is 0 Å². The molecule has 1 heterocycles. The summed E-state index contributed by atoms with van der Waals surface area (Å²) in [4.78, 5) is 12.8. The van der Waals surface area contributed by atoms with E-state index in [4.69, 9.17) is 9.47 Å². The molecule has 0 aliphatic carbocycles. The Bertz CT molecular complexity index is 1310. The van der Waals surface area contributed by atoms with Gasteiger partial charge in [-0.2, -0.15) is 16.9 Å². The first-order chi connectivity index (χ1) is 17.3. The highest BCUT2D eigenvalue weighted by molar-refractivity contribution is 8.00. The van der Waals surface area contributed by atoms with Crippen molar-refractivity contribution in [2.75, 3.05) is 22.1 Å². The molecule has 36 heavy (non-hydrogen) atoms. The number of benzene rings is 3. The van der Waals surface area contributed by atoms with Crippen LogP contribution in [0.25, 0.3) is 0 Å². The van der Waals surface area contributed by atoms with Crippen molar-refractivity contribution in [2.24, 2.45) is 5.10 Å². The van der Waals surface area contributed by atoms with E-state index in [1.165, 1.54) is 13.1 Å². The van der Waals surface area contributed by atoms with Crippen molar-refractivity contribution in [2.45, 2.75) is 19.1 Å². The lowest BCUT2D eigenvalue weighted by molar-refractivity contribution is -0.121. The minimum Gasteiger partial charge on any atom is -0.489 e. The molecule has 0 aromatic heterocycles. The van der Waals surface area contributed by atoms with Gasteiger partial charge in [0.05, 0.1) is 18.2 Å². The molecule has 0 radical (unpaired) electrons. The zero-order chi connectivity index (χ0) is 25.5. The minimum atomic E-state index is -3.76. The van der Waals surface area contributed by atoms with E-state index >= 15 is 0 Å². The van der Waals surface area contributed by atoms with Crippen LogP contribution in [0.3, 0.4) is 0 Å². The fourth-order valence-corrected chi connectivity index (χ4v) is 5.24. The van der Waals surface area contributed by atoms with E-state index in [-0.39, 0.29) is 6.10 Å². The van der Waals surface area contributed by atoms with Gasteiger partial charge in [0.25, 0.3) is 5.91 Å². The summed E-state index contributed by atoms with van der Waals surface area (Å²) in [6.45, 7) is 1.51. The highest BCUT2D eigenvalue weighted by Gasteiger charge is 2.29. The standard InChI is InChI=1S/C26H27N3O5S2/c1-19(26(30)28-27-16-20-7-6-10-24(15-20)34-25-17-35-18-25)29(36(2,31)32)21-11-13-23(14-12-21)33-22-8-4-3-5-9-22/h3-16,19,25H,17-18H2,1-2H3,(H,28,30)/b27-16-/t19-/m1/s1. The lowest BCUT2D eigenvalue weighted by Gasteiger charge is -2.27. The number of hydrazone groups is 1. The van der Waals surface area contributed by atoms with E-state index in [1.54, 1.807) is 24.3 Å². The van der Waals surface area contributed by atoms with Gasteiger partial charge in [-0.3, -0.25) is 9.10 Å². The van der Waals surface area contributed by atoms with Gasteiger partial charge in [-0.15, -0.1) is 0 Å². The first-order valence-corrected chi connectivity index (χ1v) is 14.3. The third-order valence-corrected chi connectivity index (χ3v) is 7.77. The molecule has 0 spiro atoms. The number of hydrogen-bond acceptors (Lipinski definition) is 7.